The second-order valence-corrected chi connectivity index (χ2v) is 4.48. The molecular weight excluding hydrogens is 269 g/mol. The monoisotopic (exact) mass is 282 g/mol. The molecule has 3 nitrogen and oxygen atoms in total. The number of rotatable bonds is 5. The minimum absolute atomic E-state index is 0.0716. The van der Waals surface area contributed by atoms with Crippen LogP contribution in [-0.4, -0.2) is 23.8 Å². The van der Waals surface area contributed by atoms with Gasteiger partial charge < -0.3 is 10.1 Å². The third-order valence-electron chi connectivity index (χ3n) is 1.95. The molecule has 1 heterocycles. The van der Waals surface area contributed by atoms with E-state index in [1.165, 1.54) is 12.3 Å². The van der Waals surface area contributed by atoms with Gasteiger partial charge in [-0.15, -0.1) is 0 Å². The fourth-order valence-electron chi connectivity index (χ4n) is 1.14. The molecule has 0 saturated heterocycles. The van der Waals surface area contributed by atoms with Gasteiger partial charge in [0, 0.05) is 18.8 Å². The van der Waals surface area contributed by atoms with E-state index >= 15 is 0 Å². The van der Waals surface area contributed by atoms with Crippen molar-refractivity contribution in [3.63, 3.8) is 0 Å². The lowest BCUT2D eigenvalue weighted by molar-refractivity contribution is -0.154. The van der Waals surface area contributed by atoms with Gasteiger partial charge in [0.15, 0.2) is 6.61 Å². The molecule has 0 radical (unpaired) electrons. The third kappa shape index (κ3) is 5.55. The number of aromatic nitrogens is 1. The first-order valence-electron chi connectivity index (χ1n) is 5.35. The molecule has 0 unspecified atom stereocenters. The fourth-order valence-corrected chi connectivity index (χ4v) is 1.38. The summed E-state index contributed by atoms with van der Waals surface area (Å²) in [6.07, 6.45) is -2.96. The van der Waals surface area contributed by atoms with Crippen molar-refractivity contribution in [2.75, 3.05) is 6.61 Å². The van der Waals surface area contributed by atoms with E-state index in [1.807, 2.05) is 13.8 Å². The molecule has 0 aliphatic rings. The van der Waals surface area contributed by atoms with Crippen LogP contribution in [0.2, 0.25) is 5.02 Å². The Labute approximate surface area is 108 Å². The van der Waals surface area contributed by atoms with E-state index in [0.717, 1.165) is 5.56 Å². The minimum atomic E-state index is -4.40. The lowest BCUT2D eigenvalue weighted by Gasteiger charge is -2.11. The Bertz CT molecular complexity index is 396. The maximum Gasteiger partial charge on any atom is 0.422 e. The molecular formula is C11H14ClF3N2O. The molecule has 0 saturated carbocycles. The minimum Gasteiger partial charge on any atom is -0.467 e. The van der Waals surface area contributed by atoms with Crippen molar-refractivity contribution < 1.29 is 17.9 Å². The number of hydrogen-bond acceptors (Lipinski definition) is 3. The molecule has 1 aromatic rings. The summed E-state index contributed by atoms with van der Waals surface area (Å²) in [6.45, 7) is 3.11. The Morgan fingerprint density at radius 2 is 2.11 bits per heavy atom. The van der Waals surface area contributed by atoms with Crippen molar-refractivity contribution in [1.82, 2.24) is 10.3 Å². The van der Waals surface area contributed by atoms with E-state index in [4.69, 9.17) is 11.6 Å². The summed E-state index contributed by atoms with van der Waals surface area (Å²) in [6, 6.07) is 1.83. The number of halogens is 4. The average Bonchev–Trinajstić information content (AvgIpc) is 2.23. The second-order valence-electron chi connectivity index (χ2n) is 4.07. The van der Waals surface area contributed by atoms with Crippen LogP contribution in [0, 0.1) is 0 Å². The molecule has 1 aromatic heterocycles. The topological polar surface area (TPSA) is 34.2 Å². The number of pyridine rings is 1. The molecule has 102 valence electrons. The van der Waals surface area contributed by atoms with E-state index in [9.17, 15) is 13.2 Å². The van der Waals surface area contributed by atoms with Crippen LogP contribution in [0.25, 0.3) is 0 Å². The number of hydrogen-bond donors (Lipinski definition) is 1. The molecule has 0 aromatic carbocycles. The van der Waals surface area contributed by atoms with Gasteiger partial charge in [0.1, 0.15) is 5.02 Å². The Hall–Kier alpha value is -1.01. The first kappa shape index (κ1) is 15.0. The van der Waals surface area contributed by atoms with Crippen LogP contribution in [0.3, 0.4) is 0 Å². The molecule has 0 atom stereocenters. The van der Waals surface area contributed by atoms with Gasteiger partial charge in [0.25, 0.3) is 0 Å². The van der Waals surface area contributed by atoms with Crippen molar-refractivity contribution in [2.24, 2.45) is 0 Å². The number of alkyl halides is 3. The summed E-state index contributed by atoms with van der Waals surface area (Å²) >= 11 is 5.79. The van der Waals surface area contributed by atoms with Crippen molar-refractivity contribution >= 4 is 11.6 Å². The molecule has 18 heavy (non-hydrogen) atoms. The lowest BCUT2D eigenvalue weighted by atomic mass is 10.2. The maximum atomic E-state index is 12.0. The highest BCUT2D eigenvalue weighted by molar-refractivity contribution is 6.31. The molecule has 0 fully saturated rings. The van der Waals surface area contributed by atoms with Crippen LogP contribution >= 0.6 is 11.6 Å². The Kier molecular flexibility index (Phi) is 5.22. The first-order valence-corrected chi connectivity index (χ1v) is 5.73. The third-order valence-corrected chi connectivity index (χ3v) is 2.22. The Balaban J connectivity index is 2.62. The summed E-state index contributed by atoms with van der Waals surface area (Å²) in [5.41, 5.74) is 0.785. The highest BCUT2D eigenvalue weighted by Gasteiger charge is 2.29. The number of ether oxygens (including phenoxy) is 1. The smallest absolute Gasteiger partial charge is 0.422 e. The summed E-state index contributed by atoms with van der Waals surface area (Å²) in [5.74, 6) is -0.206. The van der Waals surface area contributed by atoms with E-state index in [2.05, 4.69) is 15.0 Å². The van der Waals surface area contributed by atoms with Crippen LogP contribution in [0.15, 0.2) is 12.3 Å². The average molecular weight is 283 g/mol. The zero-order valence-electron chi connectivity index (χ0n) is 10.0. The van der Waals surface area contributed by atoms with Crippen LogP contribution < -0.4 is 10.1 Å². The number of nitrogens with one attached hydrogen (secondary N) is 1. The van der Waals surface area contributed by atoms with Crippen LogP contribution in [-0.2, 0) is 6.54 Å². The Morgan fingerprint density at radius 1 is 1.44 bits per heavy atom. The van der Waals surface area contributed by atoms with Crippen LogP contribution in [0.5, 0.6) is 5.88 Å². The molecule has 0 amide bonds. The fraction of sp³-hybridized carbons (Fsp3) is 0.545. The first-order chi connectivity index (χ1) is 8.28. The Morgan fingerprint density at radius 3 is 2.61 bits per heavy atom. The summed E-state index contributed by atoms with van der Waals surface area (Å²) in [5, 5.41) is 3.22. The molecule has 1 N–H and O–H groups in total. The molecule has 1 rings (SSSR count). The van der Waals surface area contributed by atoms with Crippen molar-refractivity contribution in [1.29, 1.82) is 0 Å². The standard InChI is InChI=1S/C11H14ClF3N2O/c1-7(2)16-4-8-3-9(12)10(17-5-8)18-6-11(13,14)15/h3,5,7,16H,4,6H2,1-2H3. The van der Waals surface area contributed by atoms with E-state index < -0.39 is 12.8 Å². The van der Waals surface area contributed by atoms with E-state index in [-0.39, 0.29) is 10.9 Å². The van der Waals surface area contributed by atoms with E-state index in [0.29, 0.717) is 12.6 Å². The normalized spacial score (nSPS) is 11.9. The zero-order valence-corrected chi connectivity index (χ0v) is 10.8. The molecule has 0 spiro atoms. The van der Waals surface area contributed by atoms with Crippen molar-refractivity contribution in [3.05, 3.63) is 22.8 Å². The van der Waals surface area contributed by atoms with Crippen LogP contribution in [0.4, 0.5) is 13.2 Å². The highest BCUT2D eigenvalue weighted by atomic mass is 35.5. The predicted octanol–water partition coefficient (Wildman–Crippen LogP) is 3.17. The second kappa shape index (κ2) is 6.24. The van der Waals surface area contributed by atoms with Crippen molar-refractivity contribution in [2.45, 2.75) is 32.6 Å². The van der Waals surface area contributed by atoms with Gasteiger partial charge in [-0.05, 0) is 11.6 Å². The van der Waals surface area contributed by atoms with Crippen molar-refractivity contribution in [3.8, 4) is 5.88 Å². The molecule has 7 heteroatoms. The lowest BCUT2D eigenvalue weighted by Crippen LogP contribution is -2.22. The maximum absolute atomic E-state index is 12.0. The van der Waals surface area contributed by atoms with Gasteiger partial charge in [0.2, 0.25) is 5.88 Å². The summed E-state index contributed by atoms with van der Waals surface area (Å²) < 4.78 is 40.4. The van der Waals surface area contributed by atoms with Gasteiger partial charge in [-0.25, -0.2) is 4.98 Å². The largest absolute Gasteiger partial charge is 0.467 e. The summed E-state index contributed by atoms with van der Waals surface area (Å²) in [7, 11) is 0. The van der Waals surface area contributed by atoms with Gasteiger partial charge in [-0.3, -0.25) is 0 Å². The quantitative estimate of drug-likeness (QED) is 0.901. The zero-order chi connectivity index (χ0) is 13.8. The van der Waals surface area contributed by atoms with Gasteiger partial charge in [-0.2, -0.15) is 13.2 Å². The highest BCUT2D eigenvalue weighted by Crippen LogP contribution is 2.24. The van der Waals surface area contributed by atoms with Crippen LogP contribution in [0.1, 0.15) is 19.4 Å². The number of nitrogens with zero attached hydrogens (tertiary/aromatic N) is 1. The summed E-state index contributed by atoms with van der Waals surface area (Å²) in [4.78, 5) is 3.77. The predicted molar refractivity (Wildman–Crippen MR) is 62.8 cm³/mol. The molecule has 0 bridgehead atoms. The van der Waals surface area contributed by atoms with E-state index in [1.54, 1.807) is 0 Å². The van der Waals surface area contributed by atoms with Gasteiger partial charge >= 0.3 is 6.18 Å². The molecule has 0 aliphatic heterocycles. The van der Waals surface area contributed by atoms with Gasteiger partial charge in [-0.1, -0.05) is 25.4 Å². The molecule has 0 aliphatic carbocycles. The SMILES string of the molecule is CC(C)NCc1cnc(OCC(F)(F)F)c(Cl)c1. The van der Waals surface area contributed by atoms with Gasteiger partial charge in [0.05, 0.1) is 0 Å².